The van der Waals surface area contributed by atoms with Crippen LogP contribution in [0.4, 0.5) is 0 Å². The molecule has 0 amide bonds. The van der Waals surface area contributed by atoms with E-state index in [1.165, 1.54) is 33.5 Å². The second-order valence-corrected chi connectivity index (χ2v) is 9.86. The smallest absolute Gasteiger partial charge is 0.339 e. The van der Waals surface area contributed by atoms with Gasteiger partial charge in [0, 0.05) is 41.5 Å². The molecule has 9 nitrogen and oxygen atoms in total. The van der Waals surface area contributed by atoms with Crippen molar-refractivity contribution in [1.82, 2.24) is 8.87 Å². The molecule has 0 aliphatic carbocycles. The largest absolute Gasteiger partial charge is 0.464 e. The molecule has 2 aromatic carbocycles. The monoisotopic (exact) mass is 467 g/mol. The van der Waals surface area contributed by atoms with Crippen LogP contribution in [0, 0.1) is 0 Å². The molecule has 2 N–H and O–H groups in total. The minimum absolute atomic E-state index is 0.0590. The predicted molar refractivity (Wildman–Crippen MR) is 121 cm³/mol. The van der Waals surface area contributed by atoms with Gasteiger partial charge in [-0.3, -0.25) is 9.36 Å². The molecule has 1 atom stereocenters. The molecular formula is C23H21N3O6S. The van der Waals surface area contributed by atoms with E-state index in [-0.39, 0.29) is 29.6 Å². The molecule has 0 radical (unpaired) electrons. The first-order valence-electron chi connectivity index (χ1n) is 10.4. The van der Waals surface area contributed by atoms with E-state index < -0.39 is 21.6 Å². The van der Waals surface area contributed by atoms with Crippen molar-refractivity contribution < 1.29 is 22.4 Å². The molecule has 170 valence electrons. The van der Waals surface area contributed by atoms with Crippen molar-refractivity contribution in [3.8, 4) is 0 Å². The zero-order chi connectivity index (χ0) is 23.2. The maximum atomic E-state index is 13.1. The van der Waals surface area contributed by atoms with Crippen LogP contribution in [0.3, 0.4) is 0 Å². The second kappa shape index (κ2) is 8.14. The third-order valence-corrected chi connectivity index (χ3v) is 7.73. The Morgan fingerprint density at radius 3 is 2.79 bits per heavy atom. The number of rotatable bonds is 5. The Morgan fingerprint density at radius 1 is 1.15 bits per heavy atom. The number of furan rings is 1. The lowest BCUT2D eigenvalue weighted by atomic mass is 10.2. The van der Waals surface area contributed by atoms with Crippen molar-refractivity contribution in [2.45, 2.75) is 24.1 Å². The number of hydrogen-bond donors (Lipinski definition) is 1. The van der Waals surface area contributed by atoms with E-state index in [1.807, 2.05) is 0 Å². The highest BCUT2D eigenvalue weighted by Crippen LogP contribution is 2.26. The van der Waals surface area contributed by atoms with E-state index in [2.05, 4.69) is 0 Å². The molecule has 5 rings (SSSR count). The Balaban J connectivity index is 1.42. The molecule has 1 fully saturated rings. The van der Waals surface area contributed by atoms with E-state index >= 15 is 0 Å². The number of ether oxygens (including phenoxy) is 1. The maximum Gasteiger partial charge on any atom is 0.339 e. The summed E-state index contributed by atoms with van der Waals surface area (Å²) < 4.78 is 39.4. The summed E-state index contributed by atoms with van der Waals surface area (Å²) >= 11 is 0. The summed E-state index contributed by atoms with van der Waals surface area (Å²) in [7, 11) is -3.79. The summed E-state index contributed by atoms with van der Waals surface area (Å²) in [5, 5.41) is 1.30. The fourth-order valence-corrected chi connectivity index (χ4v) is 5.75. The number of carbonyl (C=O) groups excluding carboxylic acids is 1. The number of aromatic nitrogens is 1. The van der Waals surface area contributed by atoms with Crippen LogP contribution in [-0.4, -0.2) is 42.4 Å². The van der Waals surface area contributed by atoms with Gasteiger partial charge in [-0.25, -0.2) is 13.2 Å². The number of benzene rings is 2. The first kappa shape index (κ1) is 21.4. The van der Waals surface area contributed by atoms with Crippen LogP contribution in [0.15, 0.2) is 75.1 Å². The summed E-state index contributed by atoms with van der Waals surface area (Å²) in [5.74, 6) is -0.591. The first-order chi connectivity index (χ1) is 15.8. The minimum Gasteiger partial charge on any atom is -0.464 e. The summed E-state index contributed by atoms with van der Waals surface area (Å²) in [6, 6.07) is 12.5. The molecule has 3 heterocycles. The molecule has 0 saturated carbocycles. The molecule has 4 aromatic rings. The number of nitrogens with two attached hydrogens (primary N) is 1. The van der Waals surface area contributed by atoms with Gasteiger partial charge in [0.05, 0.1) is 16.7 Å². The Labute approximate surface area is 189 Å². The standard InChI is InChI=1S/C23H21N3O6S/c24-17-6-10-26(13-17)33(29,30)21-3-1-2-19-18(21)7-9-25(22(19)27)14-32-23(28)16-4-5-20-15(12-16)8-11-31-20/h1-5,7-9,11-12,17H,6,10,13-14,24H2/t17-/m0/s1. The van der Waals surface area contributed by atoms with Gasteiger partial charge in [0.25, 0.3) is 5.56 Å². The zero-order valence-electron chi connectivity index (χ0n) is 17.5. The highest BCUT2D eigenvalue weighted by atomic mass is 32.2. The Hall–Kier alpha value is -3.47. The molecule has 0 unspecified atom stereocenters. The molecule has 1 aliphatic rings. The normalized spacial score (nSPS) is 17.1. The van der Waals surface area contributed by atoms with E-state index in [0.717, 1.165) is 5.39 Å². The quantitative estimate of drug-likeness (QED) is 0.447. The van der Waals surface area contributed by atoms with Gasteiger partial charge in [-0.1, -0.05) is 6.07 Å². The van der Waals surface area contributed by atoms with Crippen LogP contribution in [0.2, 0.25) is 0 Å². The number of nitrogens with zero attached hydrogens (tertiary/aromatic N) is 2. The van der Waals surface area contributed by atoms with Crippen LogP contribution < -0.4 is 11.3 Å². The highest BCUT2D eigenvalue weighted by molar-refractivity contribution is 7.89. The molecule has 0 spiro atoms. The van der Waals surface area contributed by atoms with Crippen LogP contribution in [0.25, 0.3) is 21.7 Å². The number of fused-ring (bicyclic) bond motifs is 2. The van der Waals surface area contributed by atoms with E-state index in [9.17, 15) is 18.0 Å². The van der Waals surface area contributed by atoms with Crippen molar-refractivity contribution in [3.63, 3.8) is 0 Å². The van der Waals surface area contributed by atoms with Gasteiger partial charge >= 0.3 is 5.97 Å². The average molecular weight is 468 g/mol. The fraction of sp³-hybridized carbons (Fsp3) is 0.217. The molecule has 0 bridgehead atoms. The van der Waals surface area contributed by atoms with Crippen molar-refractivity contribution in [2.24, 2.45) is 5.73 Å². The molecule has 2 aromatic heterocycles. The van der Waals surface area contributed by atoms with Crippen LogP contribution in [0.5, 0.6) is 0 Å². The lowest BCUT2D eigenvalue weighted by Gasteiger charge is -2.17. The molecule has 1 saturated heterocycles. The Morgan fingerprint density at radius 2 is 2.00 bits per heavy atom. The van der Waals surface area contributed by atoms with Crippen molar-refractivity contribution in [3.05, 3.63) is 76.9 Å². The second-order valence-electron chi connectivity index (χ2n) is 7.95. The van der Waals surface area contributed by atoms with Crippen molar-refractivity contribution in [1.29, 1.82) is 0 Å². The number of carbonyl (C=O) groups is 1. The molecule has 1 aliphatic heterocycles. The minimum atomic E-state index is -3.79. The van der Waals surface area contributed by atoms with Crippen molar-refractivity contribution >= 4 is 37.7 Å². The van der Waals surface area contributed by atoms with Gasteiger partial charge in [-0.2, -0.15) is 4.31 Å². The fourth-order valence-electron chi connectivity index (χ4n) is 4.03. The van der Waals surface area contributed by atoms with Gasteiger partial charge < -0.3 is 14.9 Å². The Bertz CT molecular complexity index is 1540. The van der Waals surface area contributed by atoms with Gasteiger partial charge in [0.15, 0.2) is 6.73 Å². The third-order valence-electron chi connectivity index (χ3n) is 5.81. The van der Waals surface area contributed by atoms with Crippen LogP contribution in [0.1, 0.15) is 16.8 Å². The SMILES string of the molecule is N[C@H]1CCN(S(=O)(=O)c2cccc3c(=O)n(COC(=O)c4ccc5occc5c4)ccc23)C1. The topological polar surface area (TPSA) is 125 Å². The van der Waals surface area contributed by atoms with E-state index in [0.29, 0.717) is 29.5 Å². The first-order valence-corrected chi connectivity index (χ1v) is 11.8. The third kappa shape index (κ3) is 3.82. The molecular weight excluding hydrogens is 446 g/mol. The molecule has 33 heavy (non-hydrogen) atoms. The average Bonchev–Trinajstić information content (AvgIpc) is 3.46. The predicted octanol–water partition coefficient (Wildman–Crippen LogP) is 2.28. The number of sulfonamides is 1. The maximum absolute atomic E-state index is 13.1. The van der Waals surface area contributed by atoms with Crippen molar-refractivity contribution in [2.75, 3.05) is 13.1 Å². The lowest BCUT2D eigenvalue weighted by molar-refractivity contribution is 0.0367. The summed E-state index contributed by atoms with van der Waals surface area (Å²) in [4.78, 5) is 25.5. The summed E-state index contributed by atoms with van der Waals surface area (Å²) in [6.45, 7) is 0.281. The van der Waals surface area contributed by atoms with Gasteiger partial charge in [0.2, 0.25) is 10.0 Å². The van der Waals surface area contributed by atoms with E-state index in [1.54, 1.807) is 36.4 Å². The Kier molecular flexibility index (Phi) is 5.28. The van der Waals surface area contributed by atoms with Gasteiger partial charge in [0.1, 0.15) is 5.58 Å². The summed E-state index contributed by atoms with van der Waals surface area (Å²) in [5.41, 5.74) is 6.40. The van der Waals surface area contributed by atoms with Gasteiger partial charge in [-0.05, 0) is 48.9 Å². The summed E-state index contributed by atoms with van der Waals surface area (Å²) in [6.07, 6.45) is 3.54. The molecule has 10 heteroatoms. The highest BCUT2D eigenvalue weighted by Gasteiger charge is 2.32. The number of pyridine rings is 1. The number of esters is 1. The number of hydrogen-bond acceptors (Lipinski definition) is 7. The van der Waals surface area contributed by atoms with E-state index in [4.69, 9.17) is 14.9 Å². The lowest BCUT2D eigenvalue weighted by Crippen LogP contribution is -2.32. The van der Waals surface area contributed by atoms with Crippen LogP contribution in [-0.2, 0) is 21.5 Å². The van der Waals surface area contributed by atoms with Gasteiger partial charge in [-0.15, -0.1) is 0 Å². The zero-order valence-corrected chi connectivity index (χ0v) is 18.3. The van der Waals surface area contributed by atoms with Crippen LogP contribution >= 0.6 is 0 Å².